The van der Waals surface area contributed by atoms with Crippen molar-refractivity contribution in [3.63, 3.8) is 0 Å². The van der Waals surface area contributed by atoms with Crippen molar-refractivity contribution in [1.29, 1.82) is 0 Å². The van der Waals surface area contributed by atoms with Gasteiger partial charge in [-0.2, -0.15) is 0 Å². The Bertz CT molecular complexity index is 312. The second-order valence-corrected chi connectivity index (χ2v) is 4.05. The van der Waals surface area contributed by atoms with Gasteiger partial charge in [-0.3, -0.25) is 4.79 Å². The van der Waals surface area contributed by atoms with Crippen LogP contribution in [0.25, 0.3) is 0 Å². The molecule has 0 saturated carbocycles. The van der Waals surface area contributed by atoms with Gasteiger partial charge in [0.1, 0.15) is 0 Å². The number of aryl methyl sites for hydroxylation is 1. The number of carbonyl (C=O) groups is 1. The summed E-state index contributed by atoms with van der Waals surface area (Å²) in [5.41, 5.74) is 0.386. The van der Waals surface area contributed by atoms with Crippen molar-refractivity contribution >= 4 is 5.97 Å². The van der Waals surface area contributed by atoms with Gasteiger partial charge in [0.05, 0.1) is 5.41 Å². The molecule has 1 aromatic heterocycles. The van der Waals surface area contributed by atoms with Crippen LogP contribution in [0.5, 0.6) is 0 Å². The third kappa shape index (κ3) is 2.34. The fourth-order valence-electron chi connectivity index (χ4n) is 1.25. The summed E-state index contributed by atoms with van der Waals surface area (Å²) in [4.78, 5) is 10.8. The summed E-state index contributed by atoms with van der Waals surface area (Å²) in [6.45, 7) is 3.48. The summed E-state index contributed by atoms with van der Waals surface area (Å²) in [5, 5.41) is 8.90. The number of aliphatic carboxylic acids is 1. The summed E-state index contributed by atoms with van der Waals surface area (Å²) in [6.07, 6.45) is 4.45. The van der Waals surface area contributed by atoms with E-state index in [1.165, 1.54) is 0 Å². The molecule has 0 aliphatic heterocycles. The van der Waals surface area contributed by atoms with Gasteiger partial charge in [0, 0.05) is 19.4 Å². The smallest absolute Gasteiger partial charge is 0.309 e. The molecule has 0 bridgehead atoms. The molecule has 0 fully saturated rings. The number of hydrogen-bond donors (Lipinski definition) is 1. The van der Waals surface area contributed by atoms with Crippen molar-refractivity contribution in [2.24, 2.45) is 12.5 Å². The Morgan fingerprint density at radius 2 is 2.23 bits per heavy atom. The minimum Gasteiger partial charge on any atom is -0.481 e. The number of rotatable bonds is 3. The molecule has 0 amide bonds. The van der Waals surface area contributed by atoms with Crippen molar-refractivity contribution in [1.82, 2.24) is 4.57 Å². The number of hydrogen-bond acceptors (Lipinski definition) is 1. The molecule has 0 saturated heterocycles. The SMILES string of the molecule is Cn1ccc(CC(C)(C)C(=O)O)c1. The Labute approximate surface area is 78.0 Å². The molecule has 1 heterocycles. The van der Waals surface area contributed by atoms with Gasteiger partial charge < -0.3 is 9.67 Å². The average Bonchev–Trinajstić information content (AvgIpc) is 2.34. The van der Waals surface area contributed by atoms with Gasteiger partial charge in [0.15, 0.2) is 0 Å². The standard InChI is InChI=1S/C10H15NO2/c1-10(2,9(12)13)6-8-4-5-11(3)7-8/h4-5,7H,6H2,1-3H3,(H,12,13). The van der Waals surface area contributed by atoms with E-state index in [0.29, 0.717) is 6.42 Å². The Balaban J connectivity index is 2.74. The van der Waals surface area contributed by atoms with E-state index >= 15 is 0 Å². The first-order chi connectivity index (χ1) is 5.92. The van der Waals surface area contributed by atoms with Gasteiger partial charge in [0.2, 0.25) is 0 Å². The van der Waals surface area contributed by atoms with Crippen LogP contribution in [-0.2, 0) is 18.3 Å². The Morgan fingerprint density at radius 1 is 1.62 bits per heavy atom. The Morgan fingerprint density at radius 3 is 2.62 bits per heavy atom. The summed E-state index contributed by atoms with van der Waals surface area (Å²) >= 11 is 0. The normalized spacial score (nSPS) is 11.6. The molecule has 72 valence electrons. The lowest BCUT2D eigenvalue weighted by Crippen LogP contribution is -2.25. The number of aromatic nitrogens is 1. The molecule has 3 heteroatoms. The number of nitrogens with zero attached hydrogens (tertiary/aromatic N) is 1. The van der Waals surface area contributed by atoms with Crippen LogP contribution in [0.1, 0.15) is 19.4 Å². The number of carboxylic acids is 1. The van der Waals surface area contributed by atoms with Gasteiger partial charge in [-0.25, -0.2) is 0 Å². The summed E-state index contributed by atoms with van der Waals surface area (Å²) in [6, 6.07) is 1.95. The molecule has 0 aliphatic carbocycles. The van der Waals surface area contributed by atoms with Crippen molar-refractivity contribution in [2.75, 3.05) is 0 Å². The molecule has 0 radical (unpaired) electrons. The first-order valence-electron chi connectivity index (χ1n) is 4.26. The molecular weight excluding hydrogens is 166 g/mol. The van der Waals surface area contributed by atoms with Crippen molar-refractivity contribution in [3.8, 4) is 0 Å². The highest BCUT2D eigenvalue weighted by molar-refractivity contribution is 5.74. The van der Waals surface area contributed by atoms with Crippen LogP contribution in [0, 0.1) is 5.41 Å². The highest BCUT2D eigenvalue weighted by atomic mass is 16.4. The van der Waals surface area contributed by atoms with Crippen LogP contribution in [0.4, 0.5) is 0 Å². The van der Waals surface area contributed by atoms with E-state index in [9.17, 15) is 4.79 Å². The molecule has 0 unspecified atom stereocenters. The predicted octanol–water partition coefficient (Wildman–Crippen LogP) is 1.68. The first-order valence-corrected chi connectivity index (χ1v) is 4.26. The zero-order valence-electron chi connectivity index (χ0n) is 8.24. The minimum absolute atomic E-state index is 0.573. The molecule has 1 aromatic rings. The third-order valence-electron chi connectivity index (χ3n) is 2.12. The summed E-state index contributed by atoms with van der Waals surface area (Å²) in [7, 11) is 1.93. The minimum atomic E-state index is -0.753. The Hall–Kier alpha value is -1.25. The maximum atomic E-state index is 10.8. The summed E-state index contributed by atoms with van der Waals surface area (Å²) in [5.74, 6) is -0.753. The molecule has 1 N–H and O–H groups in total. The van der Waals surface area contributed by atoms with E-state index in [-0.39, 0.29) is 0 Å². The van der Waals surface area contributed by atoms with Crippen molar-refractivity contribution in [2.45, 2.75) is 20.3 Å². The van der Waals surface area contributed by atoms with Gasteiger partial charge in [-0.05, 0) is 31.9 Å². The maximum absolute atomic E-state index is 10.8. The zero-order chi connectivity index (χ0) is 10.1. The third-order valence-corrected chi connectivity index (χ3v) is 2.12. The quantitative estimate of drug-likeness (QED) is 0.770. The van der Waals surface area contributed by atoms with E-state index in [4.69, 9.17) is 5.11 Å². The molecule has 1 rings (SSSR count). The molecular formula is C10H15NO2. The van der Waals surface area contributed by atoms with E-state index in [1.54, 1.807) is 13.8 Å². The van der Waals surface area contributed by atoms with Crippen LogP contribution in [0.15, 0.2) is 18.5 Å². The second kappa shape index (κ2) is 3.24. The fourth-order valence-corrected chi connectivity index (χ4v) is 1.25. The van der Waals surface area contributed by atoms with Crippen molar-refractivity contribution in [3.05, 3.63) is 24.0 Å². The highest BCUT2D eigenvalue weighted by Gasteiger charge is 2.27. The largest absolute Gasteiger partial charge is 0.481 e. The first kappa shape index (κ1) is 9.84. The van der Waals surface area contributed by atoms with Crippen LogP contribution in [0.2, 0.25) is 0 Å². The lowest BCUT2D eigenvalue weighted by molar-refractivity contribution is -0.146. The second-order valence-electron chi connectivity index (χ2n) is 4.05. The van der Waals surface area contributed by atoms with Gasteiger partial charge >= 0.3 is 5.97 Å². The van der Waals surface area contributed by atoms with Crippen molar-refractivity contribution < 1.29 is 9.90 Å². The lowest BCUT2D eigenvalue weighted by atomic mass is 9.87. The zero-order valence-corrected chi connectivity index (χ0v) is 8.24. The predicted molar refractivity (Wildman–Crippen MR) is 50.5 cm³/mol. The lowest BCUT2D eigenvalue weighted by Gasteiger charge is -2.17. The maximum Gasteiger partial charge on any atom is 0.309 e. The molecule has 0 aromatic carbocycles. The van der Waals surface area contributed by atoms with Gasteiger partial charge in [-0.15, -0.1) is 0 Å². The van der Waals surface area contributed by atoms with Crippen LogP contribution < -0.4 is 0 Å². The Kier molecular flexibility index (Phi) is 2.45. The monoisotopic (exact) mass is 181 g/mol. The van der Waals surface area contributed by atoms with Crippen LogP contribution >= 0.6 is 0 Å². The van der Waals surface area contributed by atoms with Crippen LogP contribution in [0.3, 0.4) is 0 Å². The highest BCUT2D eigenvalue weighted by Crippen LogP contribution is 2.21. The summed E-state index contributed by atoms with van der Waals surface area (Å²) < 4.78 is 1.92. The topological polar surface area (TPSA) is 42.2 Å². The molecule has 3 nitrogen and oxygen atoms in total. The fraction of sp³-hybridized carbons (Fsp3) is 0.500. The molecule has 0 aliphatic rings. The molecule has 0 atom stereocenters. The molecule has 0 spiro atoms. The molecule has 13 heavy (non-hydrogen) atoms. The van der Waals surface area contributed by atoms with E-state index in [1.807, 2.05) is 30.1 Å². The number of carboxylic acid groups (broad SMARTS) is 1. The van der Waals surface area contributed by atoms with E-state index in [2.05, 4.69) is 0 Å². The van der Waals surface area contributed by atoms with E-state index < -0.39 is 11.4 Å². The average molecular weight is 181 g/mol. The van der Waals surface area contributed by atoms with E-state index in [0.717, 1.165) is 5.56 Å². The van der Waals surface area contributed by atoms with Gasteiger partial charge in [0.25, 0.3) is 0 Å². The van der Waals surface area contributed by atoms with Gasteiger partial charge in [-0.1, -0.05) is 0 Å². The van der Waals surface area contributed by atoms with Crippen LogP contribution in [-0.4, -0.2) is 15.6 Å².